The van der Waals surface area contributed by atoms with Crippen molar-refractivity contribution in [2.75, 3.05) is 0 Å². The fourth-order valence-corrected chi connectivity index (χ4v) is 2.69. The third-order valence-corrected chi connectivity index (χ3v) is 3.22. The maximum atomic E-state index is 11.8. The quantitative estimate of drug-likeness (QED) is 0.414. The first-order valence-electron chi connectivity index (χ1n) is 5.62. The molecule has 0 bridgehead atoms. The lowest BCUT2D eigenvalue weighted by Crippen LogP contribution is -2.46. The Morgan fingerprint density at radius 3 is 2.36 bits per heavy atom. The second kappa shape index (κ2) is 4.78. The van der Waals surface area contributed by atoms with Crippen molar-refractivity contribution in [1.29, 1.82) is 0 Å². The number of carbonyl (C=O) groups excluding carboxylic acids is 1. The number of nitrogens with two attached hydrogens (primary N) is 1. The number of hydrogen-bond acceptors (Lipinski definition) is 2. The SMILES string of the molecule is CC(C)CC1(C(=O)NN)CCCCC1. The summed E-state index contributed by atoms with van der Waals surface area (Å²) in [6, 6.07) is 0. The summed E-state index contributed by atoms with van der Waals surface area (Å²) in [6.07, 6.45) is 6.58. The van der Waals surface area contributed by atoms with Gasteiger partial charge < -0.3 is 0 Å². The maximum absolute atomic E-state index is 11.8. The summed E-state index contributed by atoms with van der Waals surface area (Å²) in [5.41, 5.74) is 2.18. The lowest BCUT2D eigenvalue weighted by molar-refractivity contribution is -0.134. The number of amides is 1. The van der Waals surface area contributed by atoms with Crippen LogP contribution in [0.3, 0.4) is 0 Å². The topological polar surface area (TPSA) is 55.1 Å². The average molecular weight is 198 g/mol. The van der Waals surface area contributed by atoms with Crippen molar-refractivity contribution >= 4 is 5.91 Å². The maximum Gasteiger partial charge on any atom is 0.240 e. The fraction of sp³-hybridized carbons (Fsp3) is 0.909. The molecule has 0 radical (unpaired) electrons. The molecule has 0 aliphatic heterocycles. The fourth-order valence-electron chi connectivity index (χ4n) is 2.69. The summed E-state index contributed by atoms with van der Waals surface area (Å²) >= 11 is 0. The Kier molecular flexibility index (Phi) is 3.93. The van der Waals surface area contributed by atoms with Gasteiger partial charge in [0.25, 0.3) is 0 Å². The molecule has 1 rings (SSSR count). The van der Waals surface area contributed by atoms with Crippen molar-refractivity contribution in [3.63, 3.8) is 0 Å². The highest BCUT2D eigenvalue weighted by atomic mass is 16.2. The molecule has 0 aromatic heterocycles. The first-order chi connectivity index (χ1) is 6.60. The molecule has 3 heteroatoms. The van der Waals surface area contributed by atoms with Gasteiger partial charge in [-0.15, -0.1) is 0 Å². The molecule has 1 aliphatic rings. The smallest absolute Gasteiger partial charge is 0.240 e. The van der Waals surface area contributed by atoms with Gasteiger partial charge in [0, 0.05) is 0 Å². The van der Waals surface area contributed by atoms with E-state index in [1.54, 1.807) is 0 Å². The predicted molar refractivity (Wildman–Crippen MR) is 57.3 cm³/mol. The van der Waals surface area contributed by atoms with E-state index in [2.05, 4.69) is 19.3 Å². The Morgan fingerprint density at radius 1 is 1.36 bits per heavy atom. The van der Waals surface area contributed by atoms with Crippen LogP contribution in [0.25, 0.3) is 0 Å². The van der Waals surface area contributed by atoms with Crippen molar-refractivity contribution in [3.05, 3.63) is 0 Å². The highest BCUT2D eigenvalue weighted by molar-refractivity contribution is 5.82. The third-order valence-electron chi connectivity index (χ3n) is 3.22. The van der Waals surface area contributed by atoms with Gasteiger partial charge in [-0.2, -0.15) is 0 Å². The molecule has 0 heterocycles. The molecule has 1 saturated carbocycles. The molecule has 82 valence electrons. The minimum absolute atomic E-state index is 0.0471. The van der Waals surface area contributed by atoms with E-state index in [-0.39, 0.29) is 11.3 Å². The van der Waals surface area contributed by atoms with Gasteiger partial charge in [0.15, 0.2) is 0 Å². The van der Waals surface area contributed by atoms with E-state index < -0.39 is 0 Å². The Bertz CT molecular complexity index is 195. The van der Waals surface area contributed by atoms with E-state index in [1.807, 2.05) is 0 Å². The van der Waals surface area contributed by atoms with Crippen molar-refractivity contribution in [2.45, 2.75) is 52.4 Å². The molecule has 14 heavy (non-hydrogen) atoms. The van der Waals surface area contributed by atoms with Crippen molar-refractivity contribution in [2.24, 2.45) is 17.2 Å². The first kappa shape index (κ1) is 11.5. The molecule has 0 aromatic carbocycles. The zero-order valence-electron chi connectivity index (χ0n) is 9.31. The molecule has 0 spiro atoms. The summed E-state index contributed by atoms with van der Waals surface area (Å²) in [7, 11) is 0. The summed E-state index contributed by atoms with van der Waals surface area (Å²) in [6.45, 7) is 4.33. The molecule has 0 saturated heterocycles. The molecule has 0 aromatic rings. The number of rotatable bonds is 3. The molecule has 0 unspecified atom stereocenters. The Hall–Kier alpha value is -0.570. The molecular formula is C11H22N2O. The van der Waals surface area contributed by atoms with Gasteiger partial charge in [-0.3, -0.25) is 10.2 Å². The second-order valence-electron chi connectivity index (χ2n) is 4.91. The Labute approximate surface area is 86.4 Å². The zero-order valence-corrected chi connectivity index (χ0v) is 9.31. The monoisotopic (exact) mass is 198 g/mol. The third kappa shape index (κ3) is 2.47. The molecule has 3 N–H and O–H groups in total. The van der Waals surface area contributed by atoms with E-state index in [9.17, 15) is 4.79 Å². The first-order valence-corrected chi connectivity index (χ1v) is 5.62. The van der Waals surface area contributed by atoms with Gasteiger partial charge >= 0.3 is 0 Å². The summed E-state index contributed by atoms with van der Waals surface area (Å²) in [4.78, 5) is 11.8. The van der Waals surface area contributed by atoms with Crippen LogP contribution in [0.4, 0.5) is 0 Å². The second-order valence-corrected chi connectivity index (χ2v) is 4.91. The number of hydrogen-bond donors (Lipinski definition) is 2. The lowest BCUT2D eigenvalue weighted by Gasteiger charge is -2.36. The standard InChI is InChI=1S/C11H22N2O/c1-9(2)8-11(10(14)13-12)6-4-3-5-7-11/h9H,3-8,12H2,1-2H3,(H,13,14). The van der Waals surface area contributed by atoms with Crippen LogP contribution in [0.2, 0.25) is 0 Å². The lowest BCUT2D eigenvalue weighted by atomic mass is 9.69. The summed E-state index contributed by atoms with van der Waals surface area (Å²) < 4.78 is 0. The van der Waals surface area contributed by atoms with Crippen LogP contribution in [-0.4, -0.2) is 5.91 Å². The highest BCUT2D eigenvalue weighted by Gasteiger charge is 2.39. The van der Waals surface area contributed by atoms with E-state index in [0.717, 1.165) is 19.3 Å². The molecule has 1 amide bonds. The van der Waals surface area contributed by atoms with Gasteiger partial charge in [0.2, 0.25) is 5.91 Å². The molecule has 0 atom stereocenters. The number of hydrazine groups is 1. The Balaban J connectivity index is 2.71. The van der Waals surface area contributed by atoms with Crippen LogP contribution in [0, 0.1) is 11.3 Å². The molecule has 3 nitrogen and oxygen atoms in total. The van der Waals surface area contributed by atoms with Crippen LogP contribution in [0.5, 0.6) is 0 Å². The normalized spacial score (nSPS) is 20.9. The average Bonchev–Trinajstić information content (AvgIpc) is 2.17. The number of carbonyl (C=O) groups is 1. The van der Waals surface area contributed by atoms with Crippen LogP contribution in [0.1, 0.15) is 52.4 Å². The van der Waals surface area contributed by atoms with Gasteiger partial charge in [0.1, 0.15) is 0 Å². The summed E-state index contributed by atoms with van der Waals surface area (Å²) in [5, 5.41) is 0. The molecule has 1 aliphatic carbocycles. The predicted octanol–water partition coefficient (Wildman–Crippen LogP) is 1.97. The van der Waals surface area contributed by atoms with Gasteiger partial charge in [-0.25, -0.2) is 5.84 Å². The van der Waals surface area contributed by atoms with Crippen LogP contribution < -0.4 is 11.3 Å². The van der Waals surface area contributed by atoms with E-state index >= 15 is 0 Å². The van der Waals surface area contributed by atoms with E-state index in [4.69, 9.17) is 5.84 Å². The van der Waals surface area contributed by atoms with Crippen molar-refractivity contribution in [1.82, 2.24) is 5.43 Å². The largest absolute Gasteiger partial charge is 0.294 e. The van der Waals surface area contributed by atoms with Crippen LogP contribution in [-0.2, 0) is 4.79 Å². The minimum atomic E-state index is -0.166. The minimum Gasteiger partial charge on any atom is -0.294 e. The highest BCUT2D eigenvalue weighted by Crippen LogP contribution is 2.41. The molecule has 1 fully saturated rings. The van der Waals surface area contributed by atoms with Crippen LogP contribution >= 0.6 is 0 Å². The van der Waals surface area contributed by atoms with E-state index in [1.165, 1.54) is 19.3 Å². The van der Waals surface area contributed by atoms with Crippen molar-refractivity contribution < 1.29 is 4.79 Å². The van der Waals surface area contributed by atoms with Gasteiger partial charge in [-0.1, -0.05) is 33.1 Å². The summed E-state index contributed by atoms with van der Waals surface area (Å²) in [5.74, 6) is 5.87. The van der Waals surface area contributed by atoms with E-state index in [0.29, 0.717) is 5.92 Å². The van der Waals surface area contributed by atoms with Crippen molar-refractivity contribution in [3.8, 4) is 0 Å². The number of nitrogens with one attached hydrogen (secondary N) is 1. The van der Waals surface area contributed by atoms with Gasteiger partial charge in [-0.05, 0) is 25.2 Å². The Morgan fingerprint density at radius 2 is 1.93 bits per heavy atom. The van der Waals surface area contributed by atoms with Crippen LogP contribution in [0.15, 0.2) is 0 Å². The molecular weight excluding hydrogens is 176 g/mol. The zero-order chi connectivity index (χ0) is 10.6. The van der Waals surface area contributed by atoms with Gasteiger partial charge in [0.05, 0.1) is 5.41 Å².